The van der Waals surface area contributed by atoms with Gasteiger partial charge in [0, 0.05) is 23.8 Å². The van der Waals surface area contributed by atoms with Gasteiger partial charge >= 0.3 is 0 Å². The Kier molecular flexibility index (Phi) is 5.65. The summed E-state index contributed by atoms with van der Waals surface area (Å²) in [5.74, 6) is 1.21. The average Bonchev–Trinajstić information content (AvgIpc) is 2.45. The molecular formula is C15H16Cl2N2O. The van der Waals surface area contributed by atoms with Crippen LogP contribution < -0.4 is 10.1 Å². The van der Waals surface area contributed by atoms with Crippen LogP contribution in [0.5, 0.6) is 11.6 Å². The second-order valence-corrected chi connectivity index (χ2v) is 5.19. The van der Waals surface area contributed by atoms with Crippen LogP contribution in [0.2, 0.25) is 10.0 Å². The Morgan fingerprint density at radius 3 is 2.65 bits per heavy atom. The van der Waals surface area contributed by atoms with E-state index in [-0.39, 0.29) is 0 Å². The Balaban J connectivity index is 2.08. The van der Waals surface area contributed by atoms with E-state index in [9.17, 15) is 0 Å². The zero-order valence-electron chi connectivity index (χ0n) is 11.2. The summed E-state index contributed by atoms with van der Waals surface area (Å²) in [6, 6.07) is 8.99. The molecule has 0 aliphatic heterocycles. The molecule has 0 aliphatic rings. The molecule has 20 heavy (non-hydrogen) atoms. The minimum atomic E-state index is 0.519. The maximum atomic E-state index is 6.12. The van der Waals surface area contributed by atoms with E-state index in [4.69, 9.17) is 27.9 Å². The number of benzene rings is 1. The molecule has 1 aromatic carbocycles. The molecule has 1 heterocycles. The van der Waals surface area contributed by atoms with E-state index >= 15 is 0 Å². The Labute approximate surface area is 128 Å². The second kappa shape index (κ2) is 7.48. The molecule has 0 aliphatic carbocycles. The van der Waals surface area contributed by atoms with Gasteiger partial charge in [-0.15, -0.1) is 0 Å². The Morgan fingerprint density at radius 1 is 1.20 bits per heavy atom. The van der Waals surface area contributed by atoms with Crippen molar-refractivity contribution in [3.05, 3.63) is 52.1 Å². The van der Waals surface area contributed by atoms with Crippen molar-refractivity contribution in [3.63, 3.8) is 0 Å². The predicted molar refractivity (Wildman–Crippen MR) is 82.8 cm³/mol. The van der Waals surface area contributed by atoms with Crippen LogP contribution in [0.4, 0.5) is 0 Å². The van der Waals surface area contributed by atoms with Gasteiger partial charge < -0.3 is 10.1 Å². The highest BCUT2D eigenvalue weighted by molar-refractivity contribution is 6.31. The van der Waals surface area contributed by atoms with Crippen LogP contribution in [0, 0.1) is 0 Å². The fourth-order valence-corrected chi connectivity index (χ4v) is 1.97. The number of ether oxygens (including phenoxy) is 1. The van der Waals surface area contributed by atoms with Crippen molar-refractivity contribution in [2.24, 2.45) is 0 Å². The van der Waals surface area contributed by atoms with E-state index in [1.54, 1.807) is 30.5 Å². The molecule has 0 saturated heterocycles. The number of pyridine rings is 1. The highest BCUT2D eigenvalue weighted by Gasteiger charge is 2.05. The lowest BCUT2D eigenvalue weighted by Crippen LogP contribution is -2.14. The fourth-order valence-electron chi connectivity index (χ4n) is 1.67. The number of hydrogen-bond donors (Lipinski definition) is 1. The van der Waals surface area contributed by atoms with Crippen molar-refractivity contribution in [1.82, 2.24) is 10.3 Å². The Morgan fingerprint density at radius 2 is 1.95 bits per heavy atom. The van der Waals surface area contributed by atoms with Gasteiger partial charge in [-0.2, -0.15) is 0 Å². The van der Waals surface area contributed by atoms with Crippen molar-refractivity contribution in [1.29, 1.82) is 0 Å². The summed E-state index contributed by atoms with van der Waals surface area (Å²) in [6.07, 6.45) is 2.69. The van der Waals surface area contributed by atoms with Gasteiger partial charge in [-0.05, 0) is 42.8 Å². The molecule has 0 saturated carbocycles. The van der Waals surface area contributed by atoms with E-state index in [0.29, 0.717) is 28.2 Å². The standard InChI is InChI=1S/C15H16Cl2N2O/c1-2-7-18-9-11-8-15(19-10-14(11)17)20-13-5-3-12(16)4-6-13/h3-6,8,10,18H,2,7,9H2,1H3. The van der Waals surface area contributed by atoms with Crippen LogP contribution in [-0.2, 0) is 6.54 Å². The molecular weight excluding hydrogens is 295 g/mol. The van der Waals surface area contributed by atoms with Gasteiger partial charge in [-0.3, -0.25) is 0 Å². The summed E-state index contributed by atoms with van der Waals surface area (Å²) < 4.78 is 5.68. The van der Waals surface area contributed by atoms with E-state index in [1.165, 1.54) is 0 Å². The first kappa shape index (κ1) is 15.1. The first-order valence-electron chi connectivity index (χ1n) is 6.47. The molecule has 0 fully saturated rings. The zero-order valence-corrected chi connectivity index (χ0v) is 12.7. The lowest BCUT2D eigenvalue weighted by atomic mass is 10.2. The quantitative estimate of drug-likeness (QED) is 0.787. The highest BCUT2D eigenvalue weighted by atomic mass is 35.5. The lowest BCUT2D eigenvalue weighted by Gasteiger charge is -2.09. The summed E-state index contributed by atoms with van der Waals surface area (Å²) >= 11 is 12.0. The van der Waals surface area contributed by atoms with Crippen LogP contribution >= 0.6 is 23.2 Å². The minimum absolute atomic E-state index is 0.519. The van der Waals surface area contributed by atoms with Crippen molar-refractivity contribution < 1.29 is 4.74 Å². The molecule has 0 amide bonds. The molecule has 3 nitrogen and oxygen atoms in total. The van der Waals surface area contributed by atoms with Gasteiger partial charge in [0.2, 0.25) is 5.88 Å². The van der Waals surface area contributed by atoms with Crippen LogP contribution in [0.15, 0.2) is 36.5 Å². The van der Waals surface area contributed by atoms with Crippen molar-refractivity contribution >= 4 is 23.2 Å². The number of hydrogen-bond acceptors (Lipinski definition) is 3. The number of aromatic nitrogens is 1. The lowest BCUT2D eigenvalue weighted by molar-refractivity contribution is 0.461. The summed E-state index contributed by atoms with van der Waals surface area (Å²) in [4.78, 5) is 4.17. The number of halogens is 2. The van der Waals surface area contributed by atoms with Crippen LogP contribution in [-0.4, -0.2) is 11.5 Å². The second-order valence-electron chi connectivity index (χ2n) is 4.35. The third kappa shape index (κ3) is 4.37. The topological polar surface area (TPSA) is 34.1 Å². The Hall–Kier alpha value is -1.29. The molecule has 106 valence electrons. The predicted octanol–water partition coefficient (Wildman–Crippen LogP) is 4.68. The molecule has 0 atom stereocenters. The first-order chi connectivity index (χ1) is 9.69. The number of nitrogens with one attached hydrogen (secondary N) is 1. The molecule has 0 radical (unpaired) electrons. The average molecular weight is 311 g/mol. The van der Waals surface area contributed by atoms with Gasteiger partial charge in [0.1, 0.15) is 5.75 Å². The van der Waals surface area contributed by atoms with Gasteiger partial charge in [0.25, 0.3) is 0 Å². The monoisotopic (exact) mass is 310 g/mol. The molecule has 5 heteroatoms. The smallest absolute Gasteiger partial charge is 0.219 e. The largest absolute Gasteiger partial charge is 0.439 e. The molecule has 1 aromatic heterocycles. The summed E-state index contributed by atoms with van der Waals surface area (Å²) in [7, 11) is 0. The summed E-state index contributed by atoms with van der Waals surface area (Å²) in [6.45, 7) is 3.77. The van der Waals surface area contributed by atoms with Crippen molar-refractivity contribution in [2.45, 2.75) is 19.9 Å². The maximum absolute atomic E-state index is 6.12. The maximum Gasteiger partial charge on any atom is 0.219 e. The van der Waals surface area contributed by atoms with E-state index < -0.39 is 0 Å². The van der Waals surface area contributed by atoms with E-state index in [1.807, 2.05) is 6.07 Å². The molecule has 0 bridgehead atoms. The normalized spacial score (nSPS) is 10.6. The van der Waals surface area contributed by atoms with Gasteiger partial charge in [-0.25, -0.2) is 4.98 Å². The van der Waals surface area contributed by atoms with Crippen LogP contribution in [0.3, 0.4) is 0 Å². The van der Waals surface area contributed by atoms with Crippen molar-refractivity contribution in [3.8, 4) is 11.6 Å². The third-order valence-electron chi connectivity index (χ3n) is 2.69. The number of nitrogens with zero attached hydrogens (tertiary/aromatic N) is 1. The Bertz CT molecular complexity index is 558. The van der Waals surface area contributed by atoms with Gasteiger partial charge in [0.05, 0.1) is 5.02 Å². The number of rotatable bonds is 6. The van der Waals surface area contributed by atoms with E-state index in [0.717, 1.165) is 18.5 Å². The zero-order chi connectivity index (χ0) is 14.4. The van der Waals surface area contributed by atoms with E-state index in [2.05, 4.69) is 17.2 Å². The molecule has 0 spiro atoms. The molecule has 0 unspecified atom stereocenters. The SMILES string of the molecule is CCCNCc1cc(Oc2ccc(Cl)cc2)ncc1Cl. The summed E-state index contributed by atoms with van der Waals surface area (Å²) in [5, 5.41) is 4.61. The van der Waals surface area contributed by atoms with Crippen LogP contribution in [0.25, 0.3) is 0 Å². The molecule has 1 N–H and O–H groups in total. The van der Waals surface area contributed by atoms with Gasteiger partial charge in [-0.1, -0.05) is 30.1 Å². The van der Waals surface area contributed by atoms with Crippen molar-refractivity contribution in [2.75, 3.05) is 6.54 Å². The first-order valence-corrected chi connectivity index (χ1v) is 7.23. The van der Waals surface area contributed by atoms with Gasteiger partial charge in [0.15, 0.2) is 0 Å². The summed E-state index contributed by atoms with van der Waals surface area (Å²) in [5.41, 5.74) is 0.971. The minimum Gasteiger partial charge on any atom is -0.439 e. The third-order valence-corrected chi connectivity index (χ3v) is 3.28. The highest BCUT2D eigenvalue weighted by Crippen LogP contribution is 2.24. The molecule has 2 rings (SSSR count). The van der Waals surface area contributed by atoms with Crippen LogP contribution in [0.1, 0.15) is 18.9 Å². The fraction of sp³-hybridized carbons (Fsp3) is 0.267. The molecule has 2 aromatic rings.